The molecule has 1 aromatic rings. The number of nitrogens with one attached hydrogen (secondary N) is 1. The molecule has 0 aliphatic heterocycles. The minimum absolute atomic E-state index is 0.338. The number of rotatable bonds is 4. The molecule has 84 valence electrons. The van der Waals surface area contributed by atoms with Crippen LogP contribution in [0, 0.1) is 11.3 Å². The Hall–Kier alpha value is -1.28. The number of anilines is 1. The molecular weight excluding hydrogens is 220 g/mol. The van der Waals surface area contributed by atoms with Gasteiger partial charge >= 0.3 is 0 Å². The van der Waals surface area contributed by atoms with Gasteiger partial charge in [-0.2, -0.15) is 17.0 Å². The summed E-state index contributed by atoms with van der Waals surface area (Å²) < 4.78 is 0.338. The molecule has 0 bridgehead atoms. The van der Waals surface area contributed by atoms with Crippen LogP contribution >= 0.6 is 11.8 Å². The number of hydrogen-bond acceptors (Lipinski definition) is 5. The van der Waals surface area contributed by atoms with E-state index in [1.165, 1.54) is 25.5 Å². The largest absolute Gasteiger partial charge is 0.366 e. The van der Waals surface area contributed by atoms with Crippen LogP contribution in [0.4, 0.5) is 5.82 Å². The van der Waals surface area contributed by atoms with Gasteiger partial charge in [-0.25, -0.2) is 9.97 Å². The van der Waals surface area contributed by atoms with Crippen LogP contribution in [0.3, 0.4) is 0 Å². The second-order valence-corrected chi connectivity index (χ2v) is 5.23. The van der Waals surface area contributed by atoms with Gasteiger partial charge in [0.25, 0.3) is 0 Å². The molecule has 0 spiro atoms. The fourth-order valence-electron chi connectivity index (χ4n) is 1.82. The van der Waals surface area contributed by atoms with Gasteiger partial charge in [-0.3, -0.25) is 0 Å². The Morgan fingerprint density at radius 2 is 2.25 bits per heavy atom. The smallest absolute Gasteiger partial charge is 0.182 e. The summed E-state index contributed by atoms with van der Waals surface area (Å²) in [6.45, 7) is 0.863. The van der Waals surface area contributed by atoms with E-state index in [4.69, 9.17) is 5.26 Å². The Bertz CT molecular complexity index is 403. The average molecular weight is 234 g/mol. The molecule has 2 rings (SSSR count). The zero-order valence-corrected chi connectivity index (χ0v) is 10.0. The van der Waals surface area contributed by atoms with E-state index in [2.05, 4.69) is 21.5 Å². The lowest BCUT2D eigenvalue weighted by Crippen LogP contribution is -2.40. The van der Waals surface area contributed by atoms with Gasteiger partial charge in [0.2, 0.25) is 0 Å². The van der Waals surface area contributed by atoms with Crippen molar-refractivity contribution in [3.05, 3.63) is 18.1 Å². The van der Waals surface area contributed by atoms with E-state index in [1.54, 1.807) is 6.20 Å². The second-order valence-electron chi connectivity index (χ2n) is 3.96. The summed E-state index contributed by atoms with van der Waals surface area (Å²) in [4.78, 5) is 8.11. The molecule has 0 amide bonds. The lowest BCUT2D eigenvalue weighted by molar-refractivity contribution is 0.379. The summed E-state index contributed by atoms with van der Waals surface area (Å²) in [6.07, 6.45) is 9.07. The number of thioether (sulfide) groups is 1. The summed E-state index contributed by atoms with van der Waals surface area (Å²) in [6, 6.07) is 2.04. The minimum Gasteiger partial charge on any atom is -0.366 e. The Balaban J connectivity index is 2.02. The lowest BCUT2D eigenvalue weighted by Gasteiger charge is -2.40. The zero-order valence-electron chi connectivity index (χ0n) is 9.23. The molecule has 1 aliphatic carbocycles. The van der Waals surface area contributed by atoms with E-state index in [0.29, 0.717) is 16.3 Å². The highest BCUT2D eigenvalue weighted by molar-refractivity contribution is 8.00. The predicted molar refractivity (Wildman–Crippen MR) is 65.3 cm³/mol. The van der Waals surface area contributed by atoms with Crippen LogP contribution in [0.25, 0.3) is 0 Å². The first-order valence-corrected chi connectivity index (χ1v) is 6.52. The third-order valence-corrected chi connectivity index (χ3v) is 4.50. The van der Waals surface area contributed by atoms with Crippen molar-refractivity contribution in [2.24, 2.45) is 0 Å². The molecule has 0 radical (unpaired) electrons. The van der Waals surface area contributed by atoms with Gasteiger partial charge in [0, 0.05) is 23.7 Å². The van der Waals surface area contributed by atoms with Crippen molar-refractivity contribution in [1.29, 1.82) is 5.26 Å². The Morgan fingerprint density at radius 3 is 2.81 bits per heavy atom. The van der Waals surface area contributed by atoms with Crippen LogP contribution < -0.4 is 5.32 Å². The Morgan fingerprint density at radius 1 is 1.50 bits per heavy atom. The van der Waals surface area contributed by atoms with Crippen LogP contribution in [0.2, 0.25) is 0 Å². The van der Waals surface area contributed by atoms with Crippen LogP contribution in [0.15, 0.2) is 12.4 Å². The number of hydrogen-bond donors (Lipinski definition) is 1. The van der Waals surface area contributed by atoms with Gasteiger partial charge in [0.1, 0.15) is 6.07 Å². The van der Waals surface area contributed by atoms with Crippen LogP contribution in [0.5, 0.6) is 0 Å². The molecular formula is C11H14N4S. The minimum atomic E-state index is 0.338. The molecule has 0 atom stereocenters. The maximum absolute atomic E-state index is 8.88. The number of nitriles is 1. The van der Waals surface area contributed by atoms with E-state index in [9.17, 15) is 0 Å². The highest BCUT2D eigenvalue weighted by atomic mass is 32.2. The SMILES string of the molecule is CSC1(CNc2nccnc2C#N)CCC1. The van der Waals surface area contributed by atoms with E-state index in [0.717, 1.165) is 6.54 Å². The molecule has 0 unspecified atom stereocenters. The predicted octanol–water partition coefficient (Wildman–Crippen LogP) is 2.05. The first-order valence-electron chi connectivity index (χ1n) is 5.30. The fraction of sp³-hybridized carbons (Fsp3) is 0.545. The molecule has 4 nitrogen and oxygen atoms in total. The quantitative estimate of drug-likeness (QED) is 0.864. The summed E-state index contributed by atoms with van der Waals surface area (Å²) >= 11 is 1.90. The van der Waals surface area contributed by atoms with Gasteiger partial charge in [0.05, 0.1) is 0 Å². The lowest BCUT2D eigenvalue weighted by atomic mass is 9.84. The van der Waals surface area contributed by atoms with E-state index in [-0.39, 0.29) is 0 Å². The molecule has 1 N–H and O–H groups in total. The standard InChI is InChI=1S/C11H14N4S/c1-16-11(3-2-4-11)8-15-10-9(7-12)13-5-6-14-10/h5-6H,2-4,8H2,1H3,(H,14,15). The molecule has 1 aromatic heterocycles. The van der Waals surface area contributed by atoms with Crippen LogP contribution in [-0.4, -0.2) is 27.5 Å². The zero-order chi connectivity index (χ0) is 11.4. The molecule has 1 aliphatic rings. The first kappa shape index (κ1) is 11.2. The van der Waals surface area contributed by atoms with E-state index in [1.807, 2.05) is 17.8 Å². The topological polar surface area (TPSA) is 61.6 Å². The van der Waals surface area contributed by atoms with Crippen molar-refractivity contribution >= 4 is 17.6 Å². The average Bonchev–Trinajstić information content (AvgIpc) is 2.29. The number of aromatic nitrogens is 2. The maximum atomic E-state index is 8.88. The van der Waals surface area contributed by atoms with Crippen molar-refractivity contribution < 1.29 is 0 Å². The van der Waals surface area contributed by atoms with E-state index < -0.39 is 0 Å². The summed E-state index contributed by atoms with van der Waals surface area (Å²) in [7, 11) is 0. The van der Waals surface area contributed by atoms with Crippen molar-refractivity contribution in [2.75, 3.05) is 18.1 Å². The molecule has 1 fully saturated rings. The summed E-state index contributed by atoms with van der Waals surface area (Å²) in [5.41, 5.74) is 0.373. The van der Waals surface area contributed by atoms with Crippen molar-refractivity contribution in [3.8, 4) is 6.07 Å². The van der Waals surface area contributed by atoms with Gasteiger partial charge in [-0.05, 0) is 19.1 Å². The van der Waals surface area contributed by atoms with Gasteiger partial charge in [-0.1, -0.05) is 6.42 Å². The number of nitrogens with zero attached hydrogens (tertiary/aromatic N) is 3. The highest BCUT2D eigenvalue weighted by Gasteiger charge is 2.36. The monoisotopic (exact) mass is 234 g/mol. The van der Waals surface area contributed by atoms with E-state index >= 15 is 0 Å². The summed E-state index contributed by atoms with van der Waals surface area (Å²) in [5.74, 6) is 0.602. The highest BCUT2D eigenvalue weighted by Crippen LogP contribution is 2.42. The van der Waals surface area contributed by atoms with Crippen LogP contribution in [0.1, 0.15) is 25.0 Å². The maximum Gasteiger partial charge on any atom is 0.182 e. The third kappa shape index (κ3) is 2.12. The second kappa shape index (κ2) is 4.71. The van der Waals surface area contributed by atoms with Crippen molar-refractivity contribution in [2.45, 2.75) is 24.0 Å². The van der Waals surface area contributed by atoms with Crippen LogP contribution in [-0.2, 0) is 0 Å². The first-order chi connectivity index (χ1) is 7.79. The normalized spacial score (nSPS) is 17.2. The molecule has 1 saturated carbocycles. The van der Waals surface area contributed by atoms with Crippen molar-refractivity contribution in [3.63, 3.8) is 0 Å². The molecule has 1 heterocycles. The summed E-state index contributed by atoms with van der Waals surface area (Å²) in [5, 5.41) is 12.1. The molecule has 0 saturated heterocycles. The molecule has 0 aromatic carbocycles. The van der Waals surface area contributed by atoms with Gasteiger partial charge < -0.3 is 5.32 Å². The van der Waals surface area contributed by atoms with Gasteiger partial charge in [0.15, 0.2) is 11.5 Å². The Labute approximate surface area is 99.5 Å². The van der Waals surface area contributed by atoms with Crippen molar-refractivity contribution in [1.82, 2.24) is 9.97 Å². The third-order valence-electron chi connectivity index (χ3n) is 3.08. The molecule has 5 heteroatoms. The fourth-order valence-corrected chi connectivity index (χ4v) is 2.73. The molecule has 16 heavy (non-hydrogen) atoms. The van der Waals surface area contributed by atoms with Gasteiger partial charge in [-0.15, -0.1) is 0 Å². The Kier molecular flexibility index (Phi) is 3.30.